The number of morpholine rings is 1. The number of ether oxygens (including phenoxy) is 1. The monoisotopic (exact) mass is 385 g/mol. The van der Waals surface area contributed by atoms with Gasteiger partial charge in [0, 0.05) is 23.5 Å². The van der Waals surface area contributed by atoms with Gasteiger partial charge in [0.05, 0.1) is 28.7 Å². The van der Waals surface area contributed by atoms with Crippen LogP contribution in [0.1, 0.15) is 25.8 Å². The Balaban J connectivity index is 1.84. The molecule has 3 rings (SSSR count). The van der Waals surface area contributed by atoms with Gasteiger partial charge in [-0.25, -0.2) is 8.42 Å². The molecule has 0 saturated carbocycles. The standard InChI is InChI=1S/C15H19N3O5S2/c1-9-10(2)17-23-15(9)16-14(19)12-8-13(11(3)24-12)25(20,21)18-4-6-22-7-5-18/h8H,4-7H2,1-3H3,(H,16,19). The lowest BCUT2D eigenvalue weighted by Gasteiger charge is -2.25. The highest BCUT2D eigenvalue weighted by molar-refractivity contribution is 7.89. The Morgan fingerprint density at radius 2 is 1.96 bits per heavy atom. The number of nitrogens with zero attached hydrogens (tertiary/aromatic N) is 2. The molecular formula is C15H19N3O5S2. The van der Waals surface area contributed by atoms with Gasteiger partial charge >= 0.3 is 0 Å². The fourth-order valence-electron chi connectivity index (χ4n) is 2.46. The number of thiophene rings is 1. The fraction of sp³-hybridized carbons (Fsp3) is 0.467. The number of carbonyl (C=O) groups excluding carboxylic acids is 1. The van der Waals surface area contributed by atoms with Crippen LogP contribution < -0.4 is 5.32 Å². The van der Waals surface area contributed by atoms with Crippen LogP contribution in [0.25, 0.3) is 0 Å². The summed E-state index contributed by atoms with van der Waals surface area (Å²) in [6, 6.07) is 1.42. The molecule has 3 heterocycles. The highest BCUT2D eigenvalue weighted by atomic mass is 32.2. The second-order valence-corrected chi connectivity index (χ2v) is 8.89. The Morgan fingerprint density at radius 1 is 1.28 bits per heavy atom. The Bertz CT molecular complexity index is 894. The van der Waals surface area contributed by atoms with Crippen LogP contribution in [0.3, 0.4) is 0 Å². The number of aromatic nitrogens is 1. The second kappa shape index (κ2) is 6.87. The van der Waals surface area contributed by atoms with Gasteiger partial charge in [-0.1, -0.05) is 5.16 Å². The average Bonchev–Trinajstić information content (AvgIpc) is 3.14. The van der Waals surface area contributed by atoms with E-state index in [0.29, 0.717) is 41.8 Å². The predicted molar refractivity (Wildman–Crippen MR) is 92.6 cm³/mol. The molecular weight excluding hydrogens is 366 g/mol. The zero-order valence-electron chi connectivity index (χ0n) is 14.2. The molecule has 0 unspecified atom stereocenters. The van der Waals surface area contributed by atoms with Crippen LogP contribution in [-0.2, 0) is 14.8 Å². The van der Waals surface area contributed by atoms with E-state index in [1.165, 1.54) is 10.4 Å². The lowest BCUT2D eigenvalue weighted by Crippen LogP contribution is -2.40. The summed E-state index contributed by atoms with van der Waals surface area (Å²) in [5.41, 5.74) is 1.43. The summed E-state index contributed by atoms with van der Waals surface area (Å²) in [5, 5.41) is 6.42. The van der Waals surface area contributed by atoms with E-state index in [2.05, 4.69) is 10.5 Å². The van der Waals surface area contributed by atoms with Crippen molar-refractivity contribution < 1.29 is 22.5 Å². The van der Waals surface area contributed by atoms with Crippen LogP contribution in [0.4, 0.5) is 5.88 Å². The van der Waals surface area contributed by atoms with Crippen LogP contribution in [0.15, 0.2) is 15.5 Å². The van der Waals surface area contributed by atoms with Crippen LogP contribution in [0.5, 0.6) is 0 Å². The summed E-state index contributed by atoms with van der Waals surface area (Å²) >= 11 is 1.13. The first-order chi connectivity index (χ1) is 11.8. The Labute approximate surface area is 149 Å². The third-order valence-corrected chi connectivity index (χ3v) is 7.27. The van der Waals surface area contributed by atoms with Gasteiger partial charge in [-0.3, -0.25) is 10.1 Å². The van der Waals surface area contributed by atoms with E-state index in [4.69, 9.17) is 9.26 Å². The van der Waals surface area contributed by atoms with Gasteiger partial charge in [-0.05, 0) is 26.8 Å². The molecule has 1 aliphatic heterocycles. The van der Waals surface area contributed by atoms with E-state index in [-0.39, 0.29) is 10.8 Å². The van der Waals surface area contributed by atoms with Crippen LogP contribution >= 0.6 is 11.3 Å². The van der Waals surface area contributed by atoms with Crippen molar-refractivity contribution >= 4 is 33.2 Å². The number of anilines is 1. The summed E-state index contributed by atoms with van der Waals surface area (Å²) in [5.74, 6) is -0.151. The van der Waals surface area contributed by atoms with Crippen molar-refractivity contribution in [1.82, 2.24) is 9.46 Å². The number of amides is 1. The van der Waals surface area contributed by atoms with Gasteiger partial charge in [0.1, 0.15) is 0 Å². The summed E-state index contributed by atoms with van der Waals surface area (Å²) in [4.78, 5) is 13.5. The number of nitrogens with one attached hydrogen (secondary N) is 1. The van der Waals surface area contributed by atoms with Crippen LogP contribution in [-0.4, -0.2) is 50.1 Å². The lowest BCUT2D eigenvalue weighted by molar-refractivity contribution is 0.0730. The number of rotatable bonds is 4. The number of carbonyl (C=O) groups is 1. The van der Waals surface area contributed by atoms with E-state index < -0.39 is 15.9 Å². The lowest BCUT2D eigenvalue weighted by atomic mass is 10.3. The maximum Gasteiger partial charge on any atom is 0.268 e. The van der Waals surface area contributed by atoms with Crippen molar-refractivity contribution in [2.24, 2.45) is 0 Å². The predicted octanol–water partition coefficient (Wildman–Crippen LogP) is 1.93. The van der Waals surface area contributed by atoms with Gasteiger partial charge in [0.2, 0.25) is 15.9 Å². The van der Waals surface area contributed by atoms with Crippen molar-refractivity contribution in [2.45, 2.75) is 25.7 Å². The number of aryl methyl sites for hydroxylation is 2. The zero-order valence-corrected chi connectivity index (χ0v) is 15.8. The molecule has 136 valence electrons. The first-order valence-electron chi connectivity index (χ1n) is 7.73. The van der Waals surface area contributed by atoms with Crippen molar-refractivity contribution in [3.05, 3.63) is 27.1 Å². The maximum absolute atomic E-state index is 12.8. The Morgan fingerprint density at radius 3 is 2.56 bits per heavy atom. The van der Waals surface area contributed by atoms with E-state index in [1.807, 2.05) is 0 Å². The normalized spacial score (nSPS) is 16.1. The minimum absolute atomic E-state index is 0.162. The number of sulfonamides is 1. The molecule has 2 aromatic heterocycles. The molecule has 1 amide bonds. The average molecular weight is 385 g/mol. The summed E-state index contributed by atoms with van der Waals surface area (Å²) in [6.45, 7) is 6.63. The largest absolute Gasteiger partial charge is 0.379 e. The topological polar surface area (TPSA) is 102 Å². The highest BCUT2D eigenvalue weighted by Gasteiger charge is 2.30. The molecule has 0 spiro atoms. The Hall–Kier alpha value is -1.75. The third-order valence-electron chi connectivity index (χ3n) is 4.07. The maximum atomic E-state index is 12.8. The summed E-state index contributed by atoms with van der Waals surface area (Å²) in [6.07, 6.45) is 0. The fourth-order valence-corrected chi connectivity index (χ4v) is 5.32. The molecule has 1 fully saturated rings. The minimum atomic E-state index is -3.63. The molecule has 1 aliphatic rings. The second-order valence-electron chi connectivity index (χ2n) is 5.72. The SMILES string of the molecule is Cc1noc(NC(=O)c2cc(S(=O)(=O)N3CCOCC3)c(C)s2)c1C. The van der Waals surface area contributed by atoms with Gasteiger partial charge in [0.25, 0.3) is 5.91 Å². The zero-order chi connectivity index (χ0) is 18.2. The Kier molecular flexibility index (Phi) is 4.96. The van der Waals surface area contributed by atoms with Crippen LogP contribution in [0, 0.1) is 20.8 Å². The van der Waals surface area contributed by atoms with Gasteiger partial charge in [-0.2, -0.15) is 4.31 Å². The molecule has 1 N–H and O–H groups in total. The van der Waals surface area contributed by atoms with Crippen LogP contribution in [0.2, 0.25) is 0 Å². The molecule has 1 saturated heterocycles. The number of hydrogen-bond acceptors (Lipinski definition) is 7. The quantitative estimate of drug-likeness (QED) is 0.863. The van der Waals surface area contributed by atoms with Crippen molar-refractivity contribution in [3.63, 3.8) is 0 Å². The minimum Gasteiger partial charge on any atom is -0.379 e. The smallest absolute Gasteiger partial charge is 0.268 e. The van der Waals surface area contributed by atoms with E-state index in [0.717, 1.165) is 16.9 Å². The van der Waals surface area contributed by atoms with Gasteiger partial charge in [0.15, 0.2) is 0 Å². The van der Waals surface area contributed by atoms with E-state index >= 15 is 0 Å². The first kappa shape index (κ1) is 18.1. The number of hydrogen-bond donors (Lipinski definition) is 1. The molecule has 0 atom stereocenters. The molecule has 25 heavy (non-hydrogen) atoms. The summed E-state index contributed by atoms with van der Waals surface area (Å²) < 4.78 is 37.2. The van der Waals surface area contributed by atoms with Gasteiger partial charge in [-0.15, -0.1) is 11.3 Å². The first-order valence-corrected chi connectivity index (χ1v) is 9.99. The summed E-state index contributed by atoms with van der Waals surface area (Å²) in [7, 11) is -3.63. The molecule has 0 aromatic carbocycles. The molecule has 10 heteroatoms. The van der Waals surface area contributed by atoms with Crippen molar-refractivity contribution in [1.29, 1.82) is 0 Å². The molecule has 0 aliphatic carbocycles. The van der Waals surface area contributed by atoms with E-state index in [9.17, 15) is 13.2 Å². The van der Waals surface area contributed by atoms with E-state index in [1.54, 1.807) is 20.8 Å². The third kappa shape index (κ3) is 3.47. The highest BCUT2D eigenvalue weighted by Crippen LogP contribution is 2.29. The molecule has 0 radical (unpaired) electrons. The molecule has 2 aromatic rings. The molecule has 0 bridgehead atoms. The van der Waals surface area contributed by atoms with Gasteiger partial charge < -0.3 is 9.26 Å². The molecule has 8 nitrogen and oxygen atoms in total. The van der Waals surface area contributed by atoms with Crippen molar-refractivity contribution in [3.8, 4) is 0 Å². The van der Waals surface area contributed by atoms with Crippen molar-refractivity contribution in [2.75, 3.05) is 31.6 Å².